The number of benzene rings is 1. The topological polar surface area (TPSA) is 29.1 Å². The zero-order valence-electron chi connectivity index (χ0n) is 9.00. The molecule has 0 saturated carbocycles. The number of rotatable bonds is 5. The van der Waals surface area contributed by atoms with Gasteiger partial charge in [0.25, 0.3) is 0 Å². The van der Waals surface area contributed by atoms with Crippen molar-refractivity contribution in [2.75, 3.05) is 12.0 Å². The van der Waals surface area contributed by atoms with Gasteiger partial charge in [0.2, 0.25) is 0 Å². The lowest BCUT2D eigenvalue weighted by Crippen LogP contribution is -2.30. The van der Waals surface area contributed by atoms with E-state index in [2.05, 4.69) is 5.32 Å². The van der Waals surface area contributed by atoms with Crippen LogP contribution in [0.5, 0.6) is 0 Å². The summed E-state index contributed by atoms with van der Waals surface area (Å²) in [6, 6.07) is 6.59. The summed E-state index contributed by atoms with van der Waals surface area (Å²) >= 11 is 0. The van der Waals surface area contributed by atoms with Crippen LogP contribution in [0.1, 0.15) is 12.5 Å². The summed E-state index contributed by atoms with van der Waals surface area (Å²) in [5.74, 6) is 0.419. The molecule has 0 amide bonds. The molecule has 1 aromatic rings. The summed E-state index contributed by atoms with van der Waals surface area (Å²) in [7, 11) is -0.780. The molecule has 0 aliphatic carbocycles. The van der Waals surface area contributed by atoms with Crippen molar-refractivity contribution in [3.63, 3.8) is 0 Å². The molecule has 0 aliphatic rings. The van der Waals surface area contributed by atoms with Gasteiger partial charge in [0.15, 0.2) is 0 Å². The maximum Gasteiger partial charge on any atom is 0.123 e. The Morgan fingerprint density at radius 3 is 2.53 bits per heavy atom. The van der Waals surface area contributed by atoms with E-state index in [9.17, 15) is 8.60 Å². The highest BCUT2D eigenvalue weighted by Crippen LogP contribution is 2.02. The Balaban J connectivity index is 2.36. The predicted molar refractivity (Wildman–Crippen MR) is 61.6 cm³/mol. The van der Waals surface area contributed by atoms with Crippen LogP contribution < -0.4 is 5.32 Å². The van der Waals surface area contributed by atoms with E-state index in [1.807, 2.05) is 6.92 Å². The van der Waals surface area contributed by atoms with Gasteiger partial charge < -0.3 is 5.32 Å². The summed E-state index contributed by atoms with van der Waals surface area (Å²) in [6.45, 7) is 2.67. The Bertz CT molecular complexity index is 326. The Morgan fingerprint density at radius 1 is 1.40 bits per heavy atom. The van der Waals surface area contributed by atoms with Gasteiger partial charge in [-0.3, -0.25) is 4.21 Å². The first-order chi connectivity index (χ1) is 7.08. The van der Waals surface area contributed by atoms with Crippen LogP contribution in [-0.4, -0.2) is 22.3 Å². The highest BCUT2D eigenvalue weighted by molar-refractivity contribution is 7.84. The van der Waals surface area contributed by atoms with E-state index in [4.69, 9.17) is 0 Å². The van der Waals surface area contributed by atoms with Crippen molar-refractivity contribution < 1.29 is 8.60 Å². The molecule has 1 N–H and O–H groups in total. The zero-order valence-corrected chi connectivity index (χ0v) is 9.81. The minimum Gasteiger partial charge on any atom is -0.309 e. The lowest BCUT2D eigenvalue weighted by molar-refractivity contribution is 0.585. The van der Waals surface area contributed by atoms with E-state index in [1.165, 1.54) is 12.1 Å². The fraction of sp³-hybridized carbons (Fsp3) is 0.455. The van der Waals surface area contributed by atoms with Crippen molar-refractivity contribution in [1.82, 2.24) is 5.32 Å². The zero-order chi connectivity index (χ0) is 11.3. The molecule has 2 unspecified atom stereocenters. The van der Waals surface area contributed by atoms with Crippen LogP contribution >= 0.6 is 0 Å². The molecule has 84 valence electrons. The summed E-state index contributed by atoms with van der Waals surface area (Å²) in [5.41, 5.74) is 1.03. The minimum absolute atomic E-state index is 0.209. The largest absolute Gasteiger partial charge is 0.309 e. The van der Waals surface area contributed by atoms with Crippen molar-refractivity contribution in [1.29, 1.82) is 0 Å². The number of hydrogen-bond acceptors (Lipinski definition) is 2. The van der Waals surface area contributed by atoms with Gasteiger partial charge >= 0.3 is 0 Å². The molecular formula is C11H16FNOS. The van der Waals surface area contributed by atoms with E-state index in [0.29, 0.717) is 12.3 Å². The van der Waals surface area contributed by atoms with Gasteiger partial charge in [0, 0.05) is 35.4 Å². The summed E-state index contributed by atoms with van der Waals surface area (Å²) < 4.78 is 23.5. The molecule has 15 heavy (non-hydrogen) atoms. The van der Waals surface area contributed by atoms with Crippen molar-refractivity contribution in [2.24, 2.45) is 0 Å². The minimum atomic E-state index is -0.780. The van der Waals surface area contributed by atoms with Gasteiger partial charge in [-0.25, -0.2) is 4.39 Å². The third-order valence-corrected chi connectivity index (χ3v) is 3.02. The second-order valence-corrected chi connectivity index (χ2v) is 5.13. The second kappa shape index (κ2) is 5.98. The van der Waals surface area contributed by atoms with Gasteiger partial charge in [-0.1, -0.05) is 12.1 Å². The van der Waals surface area contributed by atoms with E-state index in [1.54, 1.807) is 18.4 Å². The highest BCUT2D eigenvalue weighted by atomic mass is 32.2. The van der Waals surface area contributed by atoms with Crippen LogP contribution in [-0.2, 0) is 17.3 Å². The lowest BCUT2D eigenvalue weighted by Gasteiger charge is -2.11. The smallest absolute Gasteiger partial charge is 0.123 e. The Morgan fingerprint density at radius 2 is 2.00 bits per heavy atom. The molecule has 0 saturated heterocycles. The number of halogens is 1. The van der Waals surface area contributed by atoms with Gasteiger partial charge in [0.05, 0.1) is 0 Å². The SMILES string of the molecule is CC(CS(C)=O)NCc1ccc(F)cc1. The maximum atomic E-state index is 12.6. The third-order valence-electron chi connectivity index (χ3n) is 2.05. The molecule has 0 bridgehead atoms. The van der Waals surface area contributed by atoms with E-state index in [-0.39, 0.29) is 11.9 Å². The monoisotopic (exact) mass is 229 g/mol. The normalized spacial score (nSPS) is 14.9. The fourth-order valence-electron chi connectivity index (χ4n) is 1.31. The second-order valence-electron chi connectivity index (χ2n) is 3.65. The van der Waals surface area contributed by atoms with Crippen molar-refractivity contribution in [3.05, 3.63) is 35.6 Å². The molecule has 0 aliphatic heterocycles. The van der Waals surface area contributed by atoms with Crippen LogP contribution in [0.25, 0.3) is 0 Å². The van der Waals surface area contributed by atoms with Gasteiger partial charge in [-0.05, 0) is 24.6 Å². The first-order valence-corrected chi connectivity index (χ1v) is 6.58. The Kier molecular flexibility index (Phi) is 4.91. The Labute approximate surface area is 92.3 Å². The number of nitrogens with one attached hydrogen (secondary N) is 1. The molecule has 0 fully saturated rings. The van der Waals surface area contributed by atoms with Crippen LogP contribution in [0.4, 0.5) is 4.39 Å². The van der Waals surface area contributed by atoms with Crippen LogP contribution in [0.2, 0.25) is 0 Å². The molecule has 0 spiro atoms. The van der Waals surface area contributed by atoms with Gasteiger partial charge in [-0.15, -0.1) is 0 Å². The quantitative estimate of drug-likeness (QED) is 0.832. The highest BCUT2D eigenvalue weighted by Gasteiger charge is 2.03. The molecule has 4 heteroatoms. The average molecular weight is 229 g/mol. The van der Waals surface area contributed by atoms with Gasteiger partial charge in [-0.2, -0.15) is 0 Å². The van der Waals surface area contributed by atoms with Gasteiger partial charge in [0.1, 0.15) is 5.82 Å². The summed E-state index contributed by atoms with van der Waals surface area (Å²) in [6.07, 6.45) is 1.69. The molecule has 0 radical (unpaired) electrons. The van der Waals surface area contributed by atoms with Crippen LogP contribution in [0.15, 0.2) is 24.3 Å². The molecule has 1 aromatic carbocycles. The molecular weight excluding hydrogens is 213 g/mol. The summed E-state index contributed by atoms with van der Waals surface area (Å²) in [4.78, 5) is 0. The predicted octanol–water partition coefficient (Wildman–Crippen LogP) is 1.68. The first-order valence-electron chi connectivity index (χ1n) is 4.86. The van der Waals surface area contributed by atoms with Crippen molar-refractivity contribution in [3.8, 4) is 0 Å². The standard InChI is InChI=1S/C11H16FNOS/c1-9(8-15(2)14)13-7-10-3-5-11(12)6-4-10/h3-6,9,13H,7-8H2,1-2H3. The Hall–Kier alpha value is -0.740. The van der Waals surface area contributed by atoms with E-state index < -0.39 is 10.8 Å². The van der Waals surface area contributed by atoms with Crippen LogP contribution in [0, 0.1) is 5.82 Å². The molecule has 0 heterocycles. The lowest BCUT2D eigenvalue weighted by atomic mass is 10.2. The van der Waals surface area contributed by atoms with Crippen LogP contribution in [0.3, 0.4) is 0 Å². The molecule has 2 atom stereocenters. The van der Waals surface area contributed by atoms with Crippen molar-refractivity contribution in [2.45, 2.75) is 19.5 Å². The fourth-order valence-corrected chi connectivity index (χ4v) is 2.13. The first kappa shape index (κ1) is 12.3. The molecule has 0 aromatic heterocycles. The average Bonchev–Trinajstić information content (AvgIpc) is 2.16. The molecule has 2 nitrogen and oxygen atoms in total. The van der Waals surface area contributed by atoms with E-state index >= 15 is 0 Å². The summed E-state index contributed by atoms with van der Waals surface area (Å²) in [5, 5.41) is 3.23. The maximum absolute atomic E-state index is 12.6. The van der Waals surface area contributed by atoms with Crippen molar-refractivity contribution >= 4 is 10.8 Å². The number of hydrogen-bond donors (Lipinski definition) is 1. The molecule has 1 rings (SSSR count). The third kappa shape index (κ3) is 5.04. The van der Waals surface area contributed by atoms with E-state index in [0.717, 1.165) is 5.56 Å².